The third-order valence-electron chi connectivity index (χ3n) is 10.3. The van der Waals surface area contributed by atoms with E-state index in [0.717, 1.165) is 77.0 Å². The Bertz CT molecular complexity index is 1510. The second kappa shape index (κ2) is 36.8. The zero-order valence-electron chi connectivity index (χ0n) is 37.9. The molecule has 1 aliphatic carbocycles. The Hall–Kier alpha value is -3.49. The number of esters is 2. The van der Waals surface area contributed by atoms with E-state index in [1.54, 1.807) is 12.2 Å². The van der Waals surface area contributed by atoms with E-state index in [0.29, 0.717) is 38.5 Å². The van der Waals surface area contributed by atoms with Gasteiger partial charge in [0.25, 0.3) is 0 Å². The molecule has 0 saturated heterocycles. The molecule has 0 aliphatic heterocycles. The van der Waals surface area contributed by atoms with Crippen LogP contribution >= 0.6 is 7.82 Å². The van der Waals surface area contributed by atoms with Gasteiger partial charge in [-0.3, -0.25) is 28.2 Å². The largest absolute Gasteiger partial charge is 0.480 e. The van der Waals surface area contributed by atoms with Crippen LogP contribution in [0.5, 0.6) is 0 Å². The van der Waals surface area contributed by atoms with Gasteiger partial charge in [0.2, 0.25) is 0 Å². The van der Waals surface area contributed by atoms with E-state index < -0.39 is 69.9 Å². The minimum absolute atomic E-state index is 0.00540. The second-order valence-corrected chi connectivity index (χ2v) is 17.4. The Labute approximate surface area is 376 Å². The lowest BCUT2D eigenvalue weighted by molar-refractivity contribution is -0.161. The van der Waals surface area contributed by atoms with Crippen molar-refractivity contribution in [2.45, 2.75) is 173 Å². The van der Waals surface area contributed by atoms with E-state index >= 15 is 0 Å². The highest BCUT2D eigenvalue weighted by molar-refractivity contribution is 7.47. The molecule has 1 fully saturated rings. The number of carbonyl (C=O) groups excluding carboxylic acids is 3. The summed E-state index contributed by atoms with van der Waals surface area (Å²) >= 11 is 0. The summed E-state index contributed by atoms with van der Waals surface area (Å²) in [7, 11) is -4.80. The highest BCUT2D eigenvalue weighted by Crippen LogP contribution is 2.43. The lowest BCUT2D eigenvalue weighted by Crippen LogP contribution is -2.34. The van der Waals surface area contributed by atoms with Crippen molar-refractivity contribution >= 4 is 31.5 Å². The van der Waals surface area contributed by atoms with Crippen LogP contribution in [0.4, 0.5) is 0 Å². The first-order valence-electron chi connectivity index (χ1n) is 23.1. The van der Waals surface area contributed by atoms with Crippen molar-refractivity contribution in [3.8, 4) is 0 Å². The van der Waals surface area contributed by atoms with Gasteiger partial charge in [0, 0.05) is 31.1 Å². The summed E-state index contributed by atoms with van der Waals surface area (Å²) in [6.45, 7) is 2.30. The zero-order chi connectivity index (χ0) is 46.6. The van der Waals surface area contributed by atoms with Gasteiger partial charge in [-0.05, 0) is 70.6 Å². The molecule has 0 heterocycles. The molecule has 0 spiro atoms. The number of ketones is 1. The average molecular weight is 908 g/mol. The molecule has 0 aromatic rings. The molecule has 0 aromatic carbocycles. The molecule has 1 saturated carbocycles. The topological polar surface area (TPSA) is 229 Å². The van der Waals surface area contributed by atoms with Crippen LogP contribution in [0.2, 0.25) is 0 Å². The molecule has 6 N–H and O–H groups in total. The lowest BCUT2D eigenvalue weighted by Gasteiger charge is -2.20. The molecule has 0 radical (unpaired) electrons. The summed E-state index contributed by atoms with van der Waals surface area (Å²) in [6, 6.07) is -1.57. The molecule has 1 unspecified atom stereocenters. The third kappa shape index (κ3) is 31.1. The summed E-state index contributed by atoms with van der Waals surface area (Å²) in [6.07, 6.45) is 37.2. The van der Waals surface area contributed by atoms with Crippen LogP contribution in [-0.2, 0) is 42.3 Å². The van der Waals surface area contributed by atoms with Gasteiger partial charge in [-0.25, -0.2) is 4.57 Å². The zero-order valence-corrected chi connectivity index (χ0v) is 38.7. The molecule has 63 heavy (non-hydrogen) atoms. The van der Waals surface area contributed by atoms with Crippen molar-refractivity contribution in [1.82, 2.24) is 0 Å². The summed E-state index contributed by atoms with van der Waals surface area (Å²) in [5, 5.41) is 29.7. The molecule has 14 nitrogen and oxygen atoms in total. The third-order valence-corrected chi connectivity index (χ3v) is 11.3. The summed E-state index contributed by atoms with van der Waals surface area (Å²) < 4.78 is 32.7. The number of hydrogen-bond acceptors (Lipinski definition) is 12. The quantitative estimate of drug-likeness (QED) is 0.0168. The summed E-state index contributed by atoms with van der Waals surface area (Å²) in [4.78, 5) is 58.9. The molecule has 1 aliphatic rings. The number of rotatable bonds is 38. The first-order valence-corrected chi connectivity index (χ1v) is 24.6. The number of carbonyl (C=O) groups is 4. The van der Waals surface area contributed by atoms with Crippen molar-refractivity contribution in [3.05, 3.63) is 72.9 Å². The molecule has 15 heteroatoms. The monoisotopic (exact) mass is 908 g/mol. The molecule has 0 amide bonds. The van der Waals surface area contributed by atoms with Crippen LogP contribution in [0.1, 0.15) is 149 Å². The number of aliphatic hydroxyl groups excluding tert-OH is 2. The van der Waals surface area contributed by atoms with Crippen molar-refractivity contribution in [2.75, 3.05) is 19.8 Å². The molecule has 0 bridgehead atoms. The fourth-order valence-electron chi connectivity index (χ4n) is 6.69. The number of ether oxygens (including phenoxy) is 2. The van der Waals surface area contributed by atoms with E-state index in [1.807, 2.05) is 0 Å². The normalized spacial score (nSPS) is 19.6. The lowest BCUT2D eigenvalue weighted by atomic mass is 9.88. The molecular formula is C48H78NO13P. The molecular weight excluding hydrogens is 829 g/mol. The van der Waals surface area contributed by atoms with Gasteiger partial charge in [-0.2, -0.15) is 0 Å². The molecule has 0 aromatic heterocycles. The van der Waals surface area contributed by atoms with E-state index in [9.17, 15) is 38.8 Å². The minimum Gasteiger partial charge on any atom is -0.480 e. The van der Waals surface area contributed by atoms with E-state index in [1.165, 1.54) is 0 Å². The van der Waals surface area contributed by atoms with Gasteiger partial charge in [0.1, 0.15) is 18.4 Å². The standard InChI is InChI=1S/C48H78NO13P/c1-3-5-7-8-9-10-11-12-13-14-15-16-17-18-19-20-21-22-27-31-46(53)59-36-40(37-60-63(57,58)61-38-43(49)48(55)56)62-47(54)32-28-24-23-26-30-41-42(45(52)35-44(41)51)34-33-39(50)29-25-6-4-2/h5,7,9-10,12-13,15-16,18-19,33-34,39-43,45,50,52H,3-4,6,8,11,14,17,20-32,35-38,49H2,1-2H3,(H,55,56)(H,57,58)/b7-5-,10-9-,13-12-,16-15-,19-18-,34-33+/t39-,40+,41+,42+,43-,45+/m0/s1. The van der Waals surface area contributed by atoms with Crippen LogP contribution in [-0.4, -0.2) is 88.1 Å². The molecule has 7 atom stereocenters. The number of phosphoric ester groups is 1. The van der Waals surface area contributed by atoms with Gasteiger partial charge < -0.3 is 35.4 Å². The Kier molecular flexibility index (Phi) is 33.6. The van der Waals surface area contributed by atoms with Crippen LogP contribution in [0.25, 0.3) is 0 Å². The Morgan fingerprint density at radius 1 is 0.762 bits per heavy atom. The number of hydrogen-bond donors (Lipinski definition) is 5. The van der Waals surface area contributed by atoms with Crippen molar-refractivity contribution in [2.24, 2.45) is 17.6 Å². The van der Waals surface area contributed by atoms with Crippen molar-refractivity contribution in [1.29, 1.82) is 0 Å². The summed E-state index contributed by atoms with van der Waals surface area (Å²) in [5.74, 6) is -3.28. The van der Waals surface area contributed by atoms with Gasteiger partial charge in [0.15, 0.2) is 6.10 Å². The van der Waals surface area contributed by atoms with Crippen molar-refractivity contribution in [3.63, 3.8) is 0 Å². The van der Waals surface area contributed by atoms with E-state index in [2.05, 4.69) is 79.1 Å². The number of phosphoric acid groups is 1. The van der Waals surface area contributed by atoms with Crippen molar-refractivity contribution < 1.29 is 62.5 Å². The summed E-state index contributed by atoms with van der Waals surface area (Å²) in [5.41, 5.74) is 5.33. The van der Waals surface area contributed by atoms with Crippen LogP contribution in [0.3, 0.4) is 0 Å². The highest BCUT2D eigenvalue weighted by atomic mass is 31.2. The van der Waals surface area contributed by atoms with Gasteiger partial charge in [-0.1, -0.05) is 132 Å². The maximum Gasteiger partial charge on any atom is 0.472 e. The SMILES string of the molecule is CC/C=C\C/C=C\C/C=C\C/C=C\C/C=C\CCCCCC(=O)OC[C@H](COP(=O)(O)OC[C@H](N)C(=O)O)OC(=O)CCCCCC[C@H]1C(=O)C[C@@H](O)[C@@H]1/C=C/[C@@H](O)CCCCC. The van der Waals surface area contributed by atoms with Gasteiger partial charge >= 0.3 is 25.7 Å². The number of carboxylic acids is 1. The number of aliphatic carboxylic acids is 1. The number of carboxylic acid groups (broad SMARTS) is 1. The Morgan fingerprint density at radius 2 is 1.33 bits per heavy atom. The maximum atomic E-state index is 12.8. The number of unbranched alkanes of at least 4 members (excludes halogenated alkanes) is 8. The van der Waals surface area contributed by atoms with Gasteiger partial charge in [0.05, 0.1) is 25.4 Å². The number of nitrogens with two attached hydrogens (primary N) is 1. The molecule has 358 valence electrons. The van der Waals surface area contributed by atoms with Crippen LogP contribution in [0.15, 0.2) is 72.9 Å². The highest BCUT2D eigenvalue weighted by Gasteiger charge is 2.39. The number of allylic oxidation sites excluding steroid dienone is 10. The predicted octanol–water partition coefficient (Wildman–Crippen LogP) is 9.09. The van der Waals surface area contributed by atoms with Gasteiger partial charge in [-0.15, -0.1) is 0 Å². The molecule has 1 rings (SSSR count). The Balaban J connectivity index is 2.48. The van der Waals surface area contributed by atoms with E-state index in [4.69, 9.17) is 24.8 Å². The van der Waals surface area contributed by atoms with Crippen LogP contribution in [0, 0.1) is 11.8 Å². The maximum absolute atomic E-state index is 12.8. The number of aliphatic hydroxyl groups is 2. The van der Waals surface area contributed by atoms with E-state index in [-0.39, 0.29) is 36.9 Å². The Morgan fingerprint density at radius 3 is 1.95 bits per heavy atom. The first-order chi connectivity index (χ1) is 30.3. The minimum atomic E-state index is -4.80. The average Bonchev–Trinajstić information content (AvgIpc) is 3.52. The van der Waals surface area contributed by atoms with Crippen LogP contribution < -0.4 is 5.73 Å². The fourth-order valence-corrected chi connectivity index (χ4v) is 7.47. The second-order valence-electron chi connectivity index (χ2n) is 15.9. The first kappa shape index (κ1) is 57.5. The predicted molar refractivity (Wildman–Crippen MR) is 245 cm³/mol. The number of Topliss-reactive ketones (excluding diaryl/α,β-unsaturated/α-hetero) is 1. The smallest absolute Gasteiger partial charge is 0.472 e. The fraction of sp³-hybridized carbons (Fsp3) is 0.667.